The number of hydrogen-bond donors (Lipinski definition) is 2. The smallest absolute Gasteiger partial charge is 0.306 e. The fourth-order valence-electron chi connectivity index (χ4n) is 11.6. The second kappa shape index (κ2) is 19.7. The van der Waals surface area contributed by atoms with E-state index in [-0.39, 0.29) is 75.7 Å². The van der Waals surface area contributed by atoms with Crippen LogP contribution in [0.3, 0.4) is 0 Å². The number of fused-ring (bicyclic) bond motifs is 6. The van der Waals surface area contributed by atoms with Crippen molar-refractivity contribution < 1.29 is 52.5 Å². The number of terminal acetylenes is 1. The highest BCUT2D eigenvalue weighted by Crippen LogP contribution is 2.62. The predicted octanol–water partition coefficient (Wildman–Crippen LogP) is 5.94. The Labute approximate surface area is 389 Å². The maximum Gasteiger partial charge on any atom is 0.306 e. The first kappa shape index (κ1) is 51.4. The van der Waals surface area contributed by atoms with E-state index in [1.807, 2.05) is 47.6 Å². The molecule has 2 N–H and O–H groups in total. The molecule has 16 heteroatoms. The molecule has 16 nitrogen and oxygen atoms in total. The average Bonchev–Trinajstić information content (AvgIpc) is 3.92. The lowest BCUT2D eigenvalue weighted by Gasteiger charge is -2.48. The van der Waals surface area contributed by atoms with Gasteiger partial charge in [0.25, 0.3) is 0 Å². The maximum absolute atomic E-state index is 13.9. The van der Waals surface area contributed by atoms with Crippen molar-refractivity contribution in [1.29, 1.82) is 0 Å². The SMILES string of the molecule is C#CCNC(=O)C[C@@]1(C)CC2=CC3=NC(=C(C)C4=NC([C@H](CC(=O)OC)[C@@]4(C)CCC(=O)OC)[C@]4(C)N=C(/C(C)=C/1N2)[C@@H](CCC(=O)OC)[C@]4(C)CC(=O)OC)[C@@H](CCC(=O)OC)C3(C)C. The number of methoxy groups -OCH3 is 5. The van der Waals surface area contributed by atoms with Crippen molar-refractivity contribution in [1.82, 2.24) is 10.6 Å². The molecule has 1 fully saturated rings. The summed E-state index contributed by atoms with van der Waals surface area (Å²) in [5.74, 6) is -1.61. The molecule has 1 amide bonds. The van der Waals surface area contributed by atoms with Crippen LogP contribution in [0.25, 0.3) is 0 Å². The molecular weight excluding hydrogens is 847 g/mol. The van der Waals surface area contributed by atoms with Crippen LogP contribution in [0, 0.1) is 51.8 Å². The van der Waals surface area contributed by atoms with Crippen LogP contribution in [0.1, 0.15) is 120 Å². The molecule has 0 radical (unpaired) electrons. The Morgan fingerprint density at radius 1 is 0.788 bits per heavy atom. The van der Waals surface area contributed by atoms with Gasteiger partial charge in [0.2, 0.25) is 5.91 Å². The minimum Gasteiger partial charge on any atom is -0.469 e. The summed E-state index contributed by atoms with van der Waals surface area (Å²) in [6.07, 6.45) is 8.69. The molecule has 0 aromatic rings. The largest absolute Gasteiger partial charge is 0.469 e. The zero-order chi connectivity index (χ0) is 49.2. The number of carbonyl (C=O) groups excluding carboxylic acids is 6. The number of hydrogen-bond acceptors (Lipinski definition) is 15. The Morgan fingerprint density at radius 2 is 1.36 bits per heavy atom. The van der Waals surface area contributed by atoms with Gasteiger partial charge in [-0.3, -0.25) is 43.7 Å². The van der Waals surface area contributed by atoms with Gasteiger partial charge in [-0.1, -0.05) is 40.5 Å². The molecule has 0 aromatic carbocycles. The van der Waals surface area contributed by atoms with Crippen LogP contribution in [0.5, 0.6) is 0 Å². The van der Waals surface area contributed by atoms with Gasteiger partial charge in [-0.2, -0.15) is 0 Å². The van der Waals surface area contributed by atoms with Crippen molar-refractivity contribution in [3.05, 3.63) is 34.3 Å². The van der Waals surface area contributed by atoms with Gasteiger partial charge >= 0.3 is 29.8 Å². The number of allylic oxidation sites excluding steroid dienone is 6. The van der Waals surface area contributed by atoms with Gasteiger partial charge in [-0.25, -0.2) is 0 Å². The van der Waals surface area contributed by atoms with E-state index in [2.05, 4.69) is 30.4 Å². The maximum atomic E-state index is 13.9. The lowest BCUT2D eigenvalue weighted by Crippen LogP contribution is -2.55. The number of amides is 1. The molecule has 8 atom stereocenters. The molecule has 360 valence electrons. The van der Waals surface area contributed by atoms with E-state index in [4.69, 9.17) is 45.1 Å². The van der Waals surface area contributed by atoms with E-state index in [1.165, 1.54) is 35.5 Å². The van der Waals surface area contributed by atoms with Gasteiger partial charge < -0.3 is 34.3 Å². The molecule has 1 unspecified atom stereocenters. The van der Waals surface area contributed by atoms with E-state index in [0.29, 0.717) is 35.5 Å². The highest BCUT2D eigenvalue weighted by molar-refractivity contribution is 6.10. The first-order valence-electron chi connectivity index (χ1n) is 22.7. The van der Waals surface area contributed by atoms with Gasteiger partial charge in [0.1, 0.15) is 0 Å². The van der Waals surface area contributed by atoms with E-state index in [9.17, 15) is 28.8 Å². The molecule has 5 aliphatic rings. The quantitative estimate of drug-likeness (QED) is 0.105. The van der Waals surface area contributed by atoms with Crippen molar-refractivity contribution in [2.24, 2.45) is 54.4 Å². The van der Waals surface area contributed by atoms with Crippen molar-refractivity contribution >= 4 is 52.9 Å². The monoisotopic (exact) mass is 915 g/mol. The number of carbonyl (C=O) groups is 6. The summed E-state index contributed by atoms with van der Waals surface area (Å²) < 4.78 is 26.2. The van der Waals surface area contributed by atoms with Gasteiger partial charge in [0.05, 0.1) is 66.5 Å². The number of aliphatic imine (C=N–C) groups is 3. The summed E-state index contributed by atoms with van der Waals surface area (Å²) >= 11 is 0. The molecule has 0 aliphatic carbocycles. The Hall–Kier alpha value is -5.59. The fourth-order valence-corrected chi connectivity index (χ4v) is 11.6. The van der Waals surface area contributed by atoms with Crippen LogP contribution >= 0.6 is 0 Å². The molecular formula is C50H69N5O11. The molecule has 66 heavy (non-hydrogen) atoms. The summed E-state index contributed by atoms with van der Waals surface area (Å²) in [7, 11) is 6.65. The number of ether oxygens (including phenoxy) is 5. The van der Waals surface area contributed by atoms with Gasteiger partial charge in [-0.15, -0.1) is 6.42 Å². The minimum atomic E-state index is -1.30. The fraction of sp³-hybridized carbons (Fsp3) is 0.660. The van der Waals surface area contributed by atoms with E-state index in [1.54, 1.807) is 0 Å². The van der Waals surface area contributed by atoms with Crippen LogP contribution in [0.15, 0.2) is 49.3 Å². The Kier molecular flexibility index (Phi) is 15.3. The lowest BCUT2D eigenvalue weighted by atomic mass is 9.55. The molecule has 5 rings (SSSR count). The number of rotatable bonds is 16. The van der Waals surface area contributed by atoms with Crippen LogP contribution in [-0.4, -0.2) is 107 Å². The van der Waals surface area contributed by atoms with Crippen molar-refractivity contribution in [3.63, 3.8) is 0 Å². The highest BCUT2D eigenvalue weighted by atomic mass is 16.5. The van der Waals surface area contributed by atoms with Crippen LogP contribution in [0.4, 0.5) is 0 Å². The third-order valence-electron chi connectivity index (χ3n) is 15.7. The second-order valence-corrected chi connectivity index (χ2v) is 19.9. The molecule has 5 heterocycles. The number of esters is 5. The average molecular weight is 916 g/mol. The van der Waals surface area contributed by atoms with Crippen LogP contribution < -0.4 is 10.6 Å². The van der Waals surface area contributed by atoms with E-state index < -0.39 is 69.0 Å². The third-order valence-corrected chi connectivity index (χ3v) is 15.7. The summed E-state index contributed by atoms with van der Waals surface area (Å²) in [6.45, 7) is 16.0. The summed E-state index contributed by atoms with van der Waals surface area (Å²) in [5, 5.41) is 6.54. The zero-order valence-corrected chi connectivity index (χ0v) is 41.1. The molecule has 0 aromatic heterocycles. The molecule has 0 saturated carbocycles. The first-order chi connectivity index (χ1) is 30.9. The standard InChI is InChI=1S/C50H69N5O11/c1-15-22-51-35(56)26-47(6)25-30-23-34-46(4,5)31(16-18-36(57)62-10)41(53-34)28(2)44-48(7,21-20-38(59)64-12)33(24-39(60)65-13)45(54-44)50(9)49(8,27-40(61)66-14)32(17-19-37(58)63-11)42(55-50)29(3)43(47)52-30/h1,23,31-33,45,52H,16-22,24-27H2,2-14H3,(H,51,56)/b30-23?,41-28?,43-29-/t31-,32-,33+,45?,47-,48-,49+,50+/m1/s1. The van der Waals surface area contributed by atoms with Gasteiger partial charge in [0.15, 0.2) is 0 Å². The topological polar surface area (TPSA) is 210 Å². The molecule has 5 aliphatic heterocycles. The zero-order valence-electron chi connectivity index (χ0n) is 41.1. The van der Waals surface area contributed by atoms with Crippen molar-refractivity contribution in [2.45, 2.75) is 131 Å². The van der Waals surface area contributed by atoms with E-state index in [0.717, 1.165) is 22.7 Å². The summed E-state index contributed by atoms with van der Waals surface area (Å²) in [6, 6.07) is -0.835. The Balaban J connectivity index is 1.97. The van der Waals surface area contributed by atoms with E-state index >= 15 is 0 Å². The minimum absolute atomic E-state index is 0.00528. The van der Waals surface area contributed by atoms with Crippen LogP contribution in [-0.2, 0) is 52.5 Å². The molecule has 0 spiro atoms. The summed E-state index contributed by atoms with van der Waals surface area (Å²) in [4.78, 5) is 97.0. The molecule has 8 bridgehead atoms. The van der Waals surface area contributed by atoms with Gasteiger partial charge in [0, 0.05) is 99.3 Å². The highest BCUT2D eigenvalue weighted by Gasteiger charge is 2.66. The Bertz CT molecular complexity index is 2260. The second-order valence-electron chi connectivity index (χ2n) is 19.9. The van der Waals surface area contributed by atoms with Crippen LogP contribution in [0.2, 0.25) is 0 Å². The Morgan fingerprint density at radius 3 is 1.94 bits per heavy atom. The van der Waals surface area contributed by atoms with Gasteiger partial charge in [-0.05, 0) is 63.7 Å². The van der Waals surface area contributed by atoms with Crippen molar-refractivity contribution in [3.8, 4) is 12.3 Å². The third kappa shape index (κ3) is 9.36. The molecule has 1 saturated heterocycles. The first-order valence-corrected chi connectivity index (χ1v) is 22.7. The summed E-state index contributed by atoms with van der Waals surface area (Å²) in [5.41, 5.74) is 0.698. The number of nitrogens with zero attached hydrogens (tertiary/aromatic N) is 3. The van der Waals surface area contributed by atoms with Crippen molar-refractivity contribution in [2.75, 3.05) is 42.1 Å². The lowest BCUT2D eigenvalue weighted by molar-refractivity contribution is -0.147. The normalized spacial score (nSPS) is 31.7. The predicted molar refractivity (Wildman–Crippen MR) is 248 cm³/mol. The number of nitrogens with one attached hydrogen (secondary N) is 2.